The molecule has 0 aliphatic heterocycles. The van der Waals surface area contributed by atoms with E-state index < -0.39 is 11.7 Å². The van der Waals surface area contributed by atoms with Crippen molar-refractivity contribution >= 4 is 34.3 Å². The third-order valence-electron chi connectivity index (χ3n) is 4.34. The molecule has 0 unspecified atom stereocenters. The van der Waals surface area contributed by atoms with Crippen LogP contribution in [-0.2, 0) is 16.0 Å². The molecule has 158 valence electrons. The standard InChI is InChI=1S/C23H27N3O4/c1-23(2,3)30-22(28)25-18-7-5-6-17(15-18)21(27)24-19-8-9-20-16(14-19)10-11-26(20)12-13-29-4/h5-11,14-15H,12-13H2,1-4H3,(H,24,27)(H,25,28). The van der Waals surface area contributed by atoms with Gasteiger partial charge in [-0.3, -0.25) is 10.1 Å². The average Bonchev–Trinajstić information content (AvgIpc) is 3.07. The minimum Gasteiger partial charge on any atom is -0.444 e. The minimum absolute atomic E-state index is 0.263. The van der Waals surface area contributed by atoms with E-state index in [0.29, 0.717) is 23.5 Å². The van der Waals surface area contributed by atoms with Crippen molar-refractivity contribution in [1.82, 2.24) is 4.57 Å². The lowest BCUT2D eigenvalue weighted by Gasteiger charge is -2.19. The molecule has 7 nitrogen and oxygen atoms in total. The molecule has 0 atom stereocenters. The van der Waals surface area contributed by atoms with Crippen LogP contribution in [0.5, 0.6) is 0 Å². The molecule has 0 bridgehead atoms. The Kier molecular flexibility index (Phi) is 6.42. The Morgan fingerprint density at radius 1 is 1.00 bits per heavy atom. The molecule has 0 saturated carbocycles. The van der Waals surface area contributed by atoms with Gasteiger partial charge in [0.25, 0.3) is 5.91 Å². The summed E-state index contributed by atoms with van der Waals surface area (Å²) in [4.78, 5) is 24.6. The Morgan fingerprint density at radius 2 is 1.77 bits per heavy atom. The molecule has 2 aromatic carbocycles. The molecule has 0 fully saturated rings. The number of anilines is 2. The van der Waals surface area contributed by atoms with Gasteiger partial charge in [-0.2, -0.15) is 0 Å². The zero-order valence-corrected chi connectivity index (χ0v) is 17.7. The second-order valence-electron chi connectivity index (χ2n) is 7.94. The molecule has 0 saturated heterocycles. The maximum atomic E-state index is 12.7. The van der Waals surface area contributed by atoms with Crippen molar-refractivity contribution in [3.05, 3.63) is 60.3 Å². The van der Waals surface area contributed by atoms with E-state index in [1.807, 2.05) is 30.5 Å². The van der Waals surface area contributed by atoms with Crippen LogP contribution in [0.2, 0.25) is 0 Å². The Balaban J connectivity index is 1.69. The molecule has 2 amide bonds. The highest BCUT2D eigenvalue weighted by atomic mass is 16.6. The largest absolute Gasteiger partial charge is 0.444 e. The number of fused-ring (bicyclic) bond motifs is 1. The van der Waals surface area contributed by atoms with Crippen molar-refractivity contribution in [3.63, 3.8) is 0 Å². The van der Waals surface area contributed by atoms with E-state index in [0.717, 1.165) is 17.4 Å². The highest BCUT2D eigenvalue weighted by molar-refractivity contribution is 6.06. The summed E-state index contributed by atoms with van der Waals surface area (Å²) < 4.78 is 12.5. The van der Waals surface area contributed by atoms with Crippen LogP contribution in [0.4, 0.5) is 16.2 Å². The van der Waals surface area contributed by atoms with Gasteiger partial charge in [0.1, 0.15) is 5.60 Å². The summed E-state index contributed by atoms with van der Waals surface area (Å²) in [6.45, 7) is 6.77. The first kappa shape index (κ1) is 21.4. The van der Waals surface area contributed by atoms with Gasteiger partial charge in [-0.25, -0.2) is 4.79 Å². The quantitative estimate of drug-likeness (QED) is 0.607. The zero-order chi connectivity index (χ0) is 21.7. The summed E-state index contributed by atoms with van der Waals surface area (Å²) in [7, 11) is 1.68. The lowest BCUT2D eigenvalue weighted by molar-refractivity contribution is 0.0635. The van der Waals surface area contributed by atoms with Crippen LogP contribution in [0.3, 0.4) is 0 Å². The third kappa shape index (κ3) is 5.61. The van der Waals surface area contributed by atoms with Crippen LogP contribution < -0.4 is 10.6 Å². The molecule has 3 rings (SSSR count). The number of aromatic nitrogens is 1. The molecular weight excluding hydrogens is 382 g/mol. The molecule has 0 aliphatic rings. The fraction of sp³-hybridized carbons (Fsp3) is 0.304. The predicted octanol–water partition coefficient (Wildman–Crippen LogP) is 4.89. The van der Waals surface area contributed by atoms with Crippen LogP contribution in [0, 0.1) is 0 Å². The van der Waals surface area contributed by atoms with E-state index in [1.54, 1.807) is 52.1 Å². The average molecular weight is 409 g/mol. The first-order chi connectivity index (χ1) is 14.2. The lowest BCUT2D eigenvalue weighted by Crippen LogP contribution is -2.27. The van der Waals surface area contributed by atoms with Gasteiger partial charge < -0.3 is 19.4 Å². The van der Waals surface area contributed by atoms with E-state index in [4.69, 9.17) is 9.47 Å². The summed E-state index contributed by atoms with van der Waals surface area (Å²) in [5, 5.41) is 6.58. The Morgan fingerprint density at radius 3 is 2.50 bits per heavy atom. The number of carbonyl (C=O) groups is 2. The molecule has 0 radical (unpaired) electrons. The summed E-state index contributed by atoms with van der Waals surface area (Å²) in [6, 6.07) is 14.5. The van der Waals surface area contributed by atoms with Crippen LogP contribution in [0.15, 0.2) is 54.7 Å². The Hall–Kier alpha value is -3.32. The maximum Gasteiger partial charge on any atom is 0.412 e. The molecule has 1 aromatic heterocycles. The van der Waals surface area contributed by atoms with E-state index >= 15 is 0 Å². The van der Waals surface area contributed by atoms with Gasteiger partial charge in [0, 0.05) is 47.7 Å². The highest BCUT2D eigenvalue weighted by Gasteiger charge is 2.16. The molecule has 0 spiro atoms. The zero-order valence-electron chi connectivity index (χ0n) is 17.7. The van der Waals surface area contributed by atoms with Gasteiger partial charge >= 0.3 is 6.09 Å². The number of carbonyl (C=O) groups excluding carboxylic acids is 2. The van der Waals surface area contributed by atoms with Gasteiger partial charge in [0.2, 0.25) is 0 Å². The van der Waals surface area contributed by atoms with E-state index in [-0.39, 0.29) is 5.91 Å². The number of amides is 2. The van der Waals surface area contributed by atoms with E-state index in [2.05, 4.69) is 15.2 Å². The van der Waals surface area contributed by atoms with Crippen molar-refractivity contribution in [3.8, 4) is 0 Å². The van der Waals surface area contributed by atoms with E-state index in [1.165, 1.54) is 0 Å². The number of rotatable bonds is 6. The highest BCUT2D eigenvalue weighted by Crippen LogP contribution is 2.22. The fourth-order valence-corrected chi connectivity index (χ4v) is 3.03. The monoisotopic (exact) mass is 409 g/mol. The van der Waals surface area contributed by atoms with Gasteiger partial charge in [-0.1, -0.05) is 6.07 Å². The second-order valence-corrected chi connectivity index (χ2v) is 7.94. The smallest absolute Gasteiger partial charge is 0.412 e. The Bertz CT molecular complexity index is 1050. The minimum atomic E-state index is -0.597. The second kappa shape index (κ2) is 9.00. The summed E-state index contributed by atoms with van der Waals surface area (Å²) in [5.41, 5.74) is 2.10. The molecule has 3 aromatic rings. The molecular formula is C23H27N3O4. The van der Waals surface area contributed by atoms with E-state index in [9.17, 15) is 9.59 Å². The number of benzene rings is 2. The summed E-state index contributed by atoms with van der Waals surface area (Å²) in [6.07, 6.45) is 1.43. The number of nitrogens with zero attached hydrogens (tertiary/aromatic N) is 1. The van der Waals surface area contributed by atoms with Crippen LogP contribution in [-0.4, -0.2) is 35.9 Å². The molecule has 1 heterocycles. The van der Waals surface area contributed by atoms with Crippen molar-refractivity contribution in [2.45, 2.75) is 32.9 Å². The van der Waals surface area contributed by atoms with Crippen LogP contribution >= 0.6 is 0 Å². The topological polar surface area (TPSA) is 81.6 Å². The van der Waals surface area contributed by atoms with Crippen LogP contribution in [0.1, 0.15) is 31.1 Å². The maximum absolute atomic E-state index is 12.7. The van der Waals surface area contributed by atoms with Crippen molar-refractivity contribution in [1.29, 1.82) is 0 Å². The normalized spacial score (nSPS) is 11.3. The summed E-state index contributed by atoms with van der Waals surface area (Å²) in [5.74, 6) is -0.263. The van der Waals surface area contributed by atoms with Crippen LogP contribution in [0.25, 0.3) is 10.9 Å². The van der Waals surface area contributed by atoms with Crippen molar-refractivity contribution in [2.24, 2.45) is 0 Å². The van der Waals surface area contributed by atoms with Crippen molar-refractivity contribution < 1.29 is 19.1 Å². The molecule has 30 heavy (non-hydrogen) atoms. The number of hydrogen-bond acceptors (Lipinski definition) is 4. The summed E-state index contributed by atoms with van der Waals surface area (Å²) >= 11 is 0. The van der Waals surface area contributed by atoms with Gasteiger partial charge in [-0.05, 0) is 63.2 Å². The predicted molar refractivity (Wildman–Crippen MR) is 118 cm³/mol. The number of nitrogens with one attached hydrogen (secondary N) is 2. The number of ether oxygens (including phenoxy) is 2. The first-order valence-corrected chi connectivity index (χ1v) is 9.74. The first-order valence-electron chi connectivity index (χ1n) is 9.74. The lowest BCUT2D eigenvalue weighted by atomic mass is 10.1. The molecule has 2 N–H and O–H groups in total. The number of hydrogen-bond donors (Lipinski definition) is 2. The third-order valence-corrected chi connectivity index (χ3v) is 4.34. The Labute approximate surface area is 176 Å². The fourth-order valence-electron chi connectivity index (χ4n) is 3.03. The van der Waals surface area contributed by atoms with Gasteiger partial charge in [0.15, 0.2) is 0 Å². The van der Waals surface area contributed by atoms with Gasteiger partial charge in [-0.15, -0.1) is 0 Å². The SMILES string of the molecule is COCCn1ccc2cc(NC(=O)c3cccc(NC(=O)OC(C)(C)C)c3)ccc21. The van der Waals surface area contributed by atoms with Crippen molar-refractivity contribution in [2.75, 3.05) is 24.4 Å². The number of methoxy groups -OCH3 is 1. The van der Waals surface area contributed by atoms with Gasteiger partial charge in [0.05, 0.1) is 6.61 Å². The molecule has 7 heteroatoms. The molecule has 0 aliphatic carbocycles.